The van der Waals surface area contributed by atoms with Crippen LogP contribution in [0.5, 0.6) is 0 Å². The van der Waals surface area contributed by atoms with E-state index in [1.807, 2.05) is 32.9 Å². The van der Waals surface area contributed by atoms with Crippen molar-refractivity contribution in [3.63, 3.8) is 0 Å². The Bertz CT molecular complexity index is 1080. The third-order valence-electron chi connectivity index (χ3n) is 9.39. The molecule has 0 amide bonds. The molecular weight excluding hydrogens is 636 g/mol. The molecule has 0 aromatic rings. The molecule has 51 heavy (non-hydrogen) atoms. The second-order valence-electron chi connectivity index (χ2n) is 13.5. The fourth-order valence-corrected chi connectivity index (χ4v) is 6.20. The molecule has 7 nitrogen and oxygen atoms in total. The SMILES string of the molecule is C=C(C)C(=O)/C(NC(/C=C(/C)CC)=C/NC)=C(\C)NCC(C)F.C=C/C(C)=C\CC.CC.CCC(CN)N1CCC(N2CCCCC2CC)CC1. The van der Waals surface area contributed by atoms with Gasteiger partial charge in [-0.3, -0.25) is 14.6 Å². The van der Waals surface area contributed by atoms with Gasteiger partial charge in [0.05, 0.1) is 5.70 Å². The van der Waals surface area contributed by atoms with E-state index in [1.54, 1.807) is 27.1 Å². The highest BCUT2D eigenvalue weighted by Crippen LogP contribution is 2.27. The molecule has 5 N–H and O–H groups in total. The van der Waals surface area contributed by atoms with Gasteiger partial charge >= 0.3 is 0 Å². The topological polar surface area (TPSA) is 85.7 Å². The van der Waals surface area contributed by atoms with Crippen molar-refractivity contribution in [2.24, 2.45) is 5.73 Å². The number of carbonyl (C=O) groups excluding carboxylic acids is 1. The number of ketones is 1. The van der Waals surface area contributed by atoms with Crippen LogP contribution in [0.3, 0.4) is 0 Å². The Morgan fingerprint density at radius 2 is 1.65 bits per heavy atom. The first-order chi connectivity index (χ1) is 24.3. The number of rotatable bonds is 17. The van der Waals surface area contributed by atoms with Gasteiger partial charge < -0.3 is 21.7 Å². The molecule has 0 saturated carbocycles. The normalized spacial score (nSPS) is 19.3. The van der Waals surface area contributed by atoms with Crippen molar-refractivity contribution in [2.75, 3.05) is 39.8 Å². The Hall–Kier alpha value is -2.68. The molecular formula is C43H81FN6O. The number of likely N-dealkylation sites (tertiary alicyclic amines) is 2. The molecule has 2 aliphatic heterocycles. The van der Waals surface area contributed by atoms with Crippen molar-refractivity contribution in [3.05, 3.63) is 71.4 Å². The number of allylic oxidation sites excluding steroid dienone is 7. The number of piperidine rings is 2. The summed E-state index contributed by atoms with van der Waals surface area (Å²) in [5.74, 6) is -0.203. The van der Waals surface area contributed by atoms with E-state index < -0.39 is 6.17 Å². The zero-order valence-corrected chi connectivity index (χ0v) is 35.2. The highest BCUT2D eigenvalue weighted by molar-refractivity contribution is 6.07. The summed E-state index contributed by atoms with van der Waals surface area (Å²) < 4.78 is 13.0. The van der Waals surface area contributed by atoms with E-state index in [9.17, 15) is 9.18 Å². The lowest BCUT2D eigenvalue weighted by Gasteiger charge is -2.45. The molecule has 0 aromatic heterocycles. The Morgan fingerprint density at radius 3 is 2.08 bits per heavy atom. The molecule has 3 unspecified atom stereocenters. The lowest BCUT2D eigenvalue weighted by Crippen LogP contribution is -2.53. The van der Waals surface area contributed by atoms with Crippen molar-refractivity contribution in [2.45, 2.75) is 158 Å². The zero-order valence-electron chi connectivity index (χ0n) is 35.2. The van der Waals surface area contributed by atoms with Crippen LogP contribution in [0.1, 0.15) is 134 Å². The number of nitrogens with one attached hydrogen (secondary N) is 3. The number of hydrogen-bond donors (Lipinski definition) is 4. The smallest absolute Gasteiger partial charge is 0.206 e. The van der Waals surface area contributed by atoms with Gasteiger partial charge in [-0.2, -0.15) is 0 Å². The van der Waals surface area contributed by atoms with Crippen LogP contribution in [0.15, 0.2) is 71.4 Å². The molecule has 296 valence electrons. The summed E-state index contributed by atoms with van der Waals surface area (Å²) in [6.07, 6.45) is 18.3. The maximum atomic E-state index is 13.0. The van der Waals surface area contributed by atoms with Gasteiger partial charge in [0.2, 0.25) is 5.78 Å². The molecule has 3 atom stereocenters. The highest BCUT2D eigenvalue weighted by atomic mass is 19.1. The Morgan fingerprint density at radius 1 is 1.02 bits per heavy atom. The molecule has 2 heterocycles. The van der Waals surface area contributed by atoms with Crippen LogP contribution in [-0.4, -0.2) is 79.7 Å². The molecule has 0 spiro atoms. The maximum Gasteiger partial charge on any atom is 0.206 e. The molecule has 0 radical (unpaired) electrons. The molecule has 2 fully saturated rings. The summed E-state index contributed by atoms with van der Waals surface area (Å²) in [5, 5.41) is 9.03. The molecule has 2 aliphatic rings. The Kier molecular flexibility index (Phi) is 30.6. The number of carbonyl (C=O) groups is 1. The van der Waals surface area contributed by atoms with Crippen molar-refractivity contribution in [1.29, 1.82) is 0 Å². The van der Waals surface area contributed by atoms with Crippen LogP contribution in [-0.2, 0) is 4.79 Å². The number of hydrogen-bond acceptors (Lipinski definition) is 7. The molecule has 2 rings (SSSR count). The first-order valence-electron chi connectivity index (χ1n) is 19.9. The number of nitrogens with zero attached hydrogens (tertiary/aromatic N) is 2. The van der Waals surface area contributed by atoms with Gasteiger partial charge in [-0.15, -0.1) is 0 Å². The van der Waals surface area contributed by atoms with Gasteiger partial charge in [0.15, 0.2) is 0 Å². The average Bonchev–Trinajstić information content (AvgIpc) is 3.14. The van der Waals surface area contributed by atoms with Gasteiger partial charge in [-0.25, -0.2) is 4.39 Å². The summed E-state index contributed by atoms with van der Waals surface area (Å²) in [6.45, 7) is 33.9. The molecule has 0 bridgehead atoms. The second-order valence-corrected chi connectivity index (χ2v) is 13.5. The van der Waals surface area contributed by atoms with Gasteiger partial charge in [-0.1, -0.05) is 84.4 Å². The van der Waals surface area contributed by atoms with E-state index in [1.165, 1.54) is 82.6 Å². The van der Waals surface area contributed by atoms with Gasteiger partial charge in [0.1, 0.15) is 11.9 Å². The van der Waals surface area contributed by atoms with E-state index in [0.717, 1.165) is 37.2 Å². The molecule has 2 saturated heterocycles. The Balaban J connectivity index is 0. The van der Waals surface area contributed by atoms with Crippen molar-refractivity contribution >= 4 is 5.78 Å². The standard InChI is InChI=1S/C18H30FN3O.C16H33N3.C7H12.C2H6/c1-8-13(4)9-16(11-20-7)22-17(18(23)12(2)3)15(6)21-10-14(5)19;1-3-14-7-5-6-10-19(14)16-8-11-18(12-9-16)15(4-2)13-17;1-4-6-7(3)5-2;1-2/h9,11,14,20-22H,2,8,10H2,1,3-7H3;14-16H,3-13,17H2,1-2H3;5-6H,2,4H2,1,3H3;1-2H3/b13-9-,16-11+,17-15-;;7-6-;. The summed E-state index contributed by atoms with van der Waals surface area (Å²) >= 11 is 0. The van der Waals surface area contributed by atoms with E-state index in [2.05, 4.69) is 79.6 Å². The van der Waals surface area contributed by atoms with Crippen LogP contribution in [0.4, 0.5) is 4.39 Å². The number of nitrogens with two attached hydrogens (primary N) is 1. The summed E-state index contributed by atoms with van der Waals surface area (Å²) in [5.41, 5.74) is 10.5. The third kappa shape index (κ3) is 21.4. The van der Waals surface area contributed by atoms with Crippen LogP contribution in [0.25, 0.3) is 0 Å². The summed E-state index contributed by atoms with van der Waals surface area (Å²) in [7, 11) is 1.79. The first kappa shape index (κ1) is 50.4. The summed E-state index contributed by atoms with van der Waals surface area (Å²) in [6, 6.07) is 2.32. The van der Waals surface area contributed by atoms with Crippen LogP contribution < -0.4 is 21.7 Å². The average molecular weight is 717 g/mol. The highest BCUT2D eigenvalue weighted by Gasteiger charge is 2.31. The molecule has 0 aromatic carbocycles. The number of halogens is 1. The predicted molar refractivity (Wildman–Crippen MR) is 223 cm³/mol. The quantitative estimate of drug-likeness (QED) is 0.0882. The number of Topliss-reactive ketones (excluding diaryl/α,β-unsaturated/α-hetero) is 1. The van der Waals surface area contributed by atoms with Gasteiger partial charge in [0, 0.05) is 50.2 Å². The van der Waals surface area contributed by atoms with Crippen LogP contribution in [0, 0.1) is 0 Å². The minimum Gasteiger partial charge on any atom is -0.392 e. The first-order valence-corrected chi connectivity index (χ1v) is 19.9. The minimum atomic E-state index is -0.999. The second kappa shape index (κ2) is 30.9. The largest absolute Gasteiger partial charge is 0.392 e. The minimum absolute atomic E-state index is 0.148. The maximum absolute atomic E-state index is 13.0. The van der Waals surface area contributed by atoms with E-state index in [-0.39, 0.29) is 12.3 Å². The number of alkyl halides is 1. The van der Waals surface area contributed by atoms with Gasteiger partial charge in [0.25, 0.3) is 0 Å². The van der Waals surface area contributed by atoms with Crippen molar-refractivity contribution in [3.8, 4) is 0 Å². The Labute approximate surface area is 315 Å². The zero-order chi connectivity index (χ0) is 39.4. The third-order valence-corrected chi connectivity index (χ3v) is 9.39. The van der Waals surface area contributed by atoms with Crippen molar-refractivity contribution < 1.29 is 9.18 Å². The molecule has 8 heteroatoms. The lowest BCUT2D eigenvalue weighted by molar-refractivity contribution is -0.112. The lowest BCUT2D eigenvalue weighted by atomic mass is 9.93. The molecule has 0 aliphatic carbocycles. The van der Waals surface area contributed by atoms with Crippen molar-refractivity contribution in [1.82, 2.24) is 25.8 Å². The fraction of sp³-hybridized carbons (Fsp3) is 0.698. The summed E-state index contributed by atoms with van der Waals surface area (Å²) in [4.78, 5) is 17.9. The van der Waals surface area contributed by atoms with E-state index in [0.29, 0.717) is 23.0 Å². The predicted octanol–water partition coefficient (Wildman–Crippen LogP) is 9.32. The van der Waals surface area contributed by atoms with E-state index >= 15 is 0 Å². The van der Waals surface area contributed by atoms with Gasteiger partial charge in [-0.05, 0) is 117 Å². The van der Waals surface area contributed by atoms with E-state index in [4.69, 9.17) is 5.73 Å². The van der Waals surface area contributed by atoms with Crippen LogP contribution in [0.2, 0.25) is 0 Å². The fourth-order valence-electron chi connectivity index (χ4n) is 6.20. The van der Waals surface area contributed by atoms with Crippen LogP contribution >= 0.6 is 0 Å². The monoisotopic (exact) mass is 717 g/mol.